The van der Waals surface area contributed by atoms with Crippen LogP contribution >= 0.6 is 12.2 Å². The average Bonchev–Trinajstić information content (AvgIpc) is 2.79. The van der Waals surface area contributed by atoms with Gasteiger partial charge in [-0.1, -0.05) is 12.1 Å². The van der Waals surface area contributed by atoms with Crippen molar-refractivity contribution in [3.63, 3.8) is 0 Å². The number of esters is 2. The van der Waals surface area contributed by atoms with Crippen LogP contribution in [0.25, 0.3) is 6.08 Å². The highest BCUT2D eigenvalue weighted by molar-refractivity contribution is 7.80. The SMILES string of the molecule is COC(=O)CN1C(=O)/C(=C/c2ccc(C(=O)OC)cc2)N(C)C1=S. The molecule has 1 aromatic rings. The van der Waals surface area contributed by atoms with Crippen molar-refractivity contribution < 1.29 is 23.9 Å². The number of benzene rings is 1. The Hall–Kier alpha value is -2.74. The minimum absolute atomic E-state index is 0.225. The first kappa shape index (κ1) is 17.6. The van der Waals surface area contributed by atoms with Crippen LogP contribution in [-0.2, 0) is 19.1 Å². The normalized spacial score (nSPS) is 15.9. The first-order valence-corrected chi connectivity index (χ1v) is 7.36. The van der Waals surface area contributed by atoms with E-state index in [0.29, 0.717) is 16.8 Å². The molecule has 0 unspecified atom stereocenters. The van der Waals surface area contributed by atoms with Crippen LogP contribution in [0.2, 0.25) is 0 Å². The number of thiocarbonyl (C=S) groups is 1. The fraction of sp³-hybridized carbons (Fsp3) is 0.250. The number of ether oxygens (including phenoxy) is 2. The highest BCUT2D eigenvalue weighted by Crippen LogP contribution is 2.22. The van der Waals surface area contributed by atoms with Gasteiger partial charge in [-0.05, 0) is 36.0 Å². The summed E-state index contributed by atoms with van der Waals surface area (Å²) in [5.41, 5.74) is 1.45. The van der Waals surface area contributed by atoms with E-state index >= 15 is 0 Å². The second-order valence-electron chi connectivity index (χ2n) is 4.95. The van der Waals surface area contributed by atoms with E-state index in [0.717, 1.165) is 0 Å². The Morgan fingerprint density at radius 1 is 1.17 bits per heavy atom. The van der Waals surface area contributed by atoms with Gasteiger partial charge < -0.3 is 14.4 Å². The Labute approximate surface area is 144 Å². The molecule has 1 fully saturated rings. The van der Waals surface area contributed by atoms with E-state index in [2.05, 4.69) is 9.47 Å². The Morgan fingerprint density at radius 3 is 2.33 bits per heavy atom. The lowest BCUT2D eigenvalue weighted by Gasteiger charge is -2.14. The van der Waals surface area contributed by atoms with Crippen molar-refractivity contribution in [2.24, 2.45) is 0 Å². The molecule has 1 amide bonds. The van der Waals surface area contributed by atoms with Crippen LogP contribution in [0.15, 0.2) is 30.0 Å². The van der Waals surface area contributed by atoms with Crippen molar-refractivity contribution in [3.05, 3.63) is 41.1 Å². The third-order valence-corrected chi connectivity index (χ3v) is 3.99. The van der Waals surface area contributed by atoms with Crippen LogP contribution in [0.1, 0.15) is 15.9 Å². The van der Waals surface area contributed by atoms with Crippen LogP contribution in [0.4, 0.5) is 0 Å². The van der Waals surface area contributed by atoms with Gasteiger partial charge in [-0.2, -0.15) is 0 Å². The molecule has 1 aromatic carbocycles. The zero-order valence-electron chi connectivity index (χ0n) is 13.4. The second-order valence-corrected chi connectivity index (χ2v) is 5.32. The maximum atomic E-state index is 12.5. The summed E-state index contributed by atoms with van der Waals surface area (Å²) in [7, 11) is 4.20. The third kappa shape index (κ3) is 3.43. The van der Waals surface area contributed by atoms with Crippen molar-refractivity contribution in [2.45, 2.75) is 0 Å². The molecule has 0 saturated carbocycles. The van der Waals surface area contributed by atoms with Crippen LogP contribution in [0.3, 0.4) is 0 Å². The third-order valence-electron chi connectivity index (χ3n) is 3.49. The Morgan fingerprint density at radius 2 is 1.79 bits per heavy atom. The standard InChI is InChI=1S/C16H16N2O5S/c1-17-12(14(20)18(16(17)24)9-13(19)22-2)8-10-4-6-11(7-5-10)15(21)23-3/h4-8H,9H2,1-3H3/b12-8-. The topological polar surface area (TPSA) is 76.1 Å². The molecule has 1 aliphatic heterocycles. The lowest BCUT2D eigenvalue weighted by molar-refractivity contribution is -0.143. The number of nitrogens with zero attached hydrogens (tertiary/aromatic N) is 2. The molecule has 2 rings (SSSR count). The first-order chi connectivity index (χ1) is 11.4. The van der Waals surface area contributed by atoms with E-state index in [9.17, 15) is 14.4 Å². The van der Waals surface area contributed by atoms with Gasteiger partial charge in [0.2, 0.25) is 0 Å². The maximum absolute atomic E-state index is 12.5. The monoisotopic (exact) mass is 348 g/mol. The summed E-state index contributed by atoms with van der Waals surface area (Å²) in [6.07, 6.45) is 1.63. The zero-order valence-corrected chi connectivity index (χ0v) is 14.3. The zero-order chi connectivity index (χ0) is 17.9. The number of amides is 1. The maximum Gasteiger partial charge on any atom is 0.337 e. The molecule has 0 bridgehead atoms. The van der Waals surface area contributed by atoms with Crippen molar-refractivity contribution in [1.82, 2.24) is 9.80 Å². The molecule has 0 spiro atoms. The summed E-state index contributed by atoms with van der Waals surface area (Å²) >= 11 is 5.19. The van der Waals surface area contributed by atoms with E-state index in [1.807, 2.05) is 0 Å². The predicted octanol–water partition coefficient (Wildman–Crippen LogP) is 1.05. The van der Waals surface area contributed by atoms with E-state index < -0.39 is 11.9 Å². The van der Waals surface area contributed by atoms with E-state index in [1.54, 1.807) is 37.4 Å². The van der Waals surface area contributed by atoms with E-state index in [-0.39, 0.29) is 17.6 Å². The highest BCUT2D eigenvalue weighted by Gasteiger charge is 2.36. The molecule has 1 aliphatic rings. The summed E-state index contributed by atoms with van der Waals surface area (Å²) in [5.74, 6) is -1.37. The molecule has 0 aromatic heterocycles. The number of hydrogen-bond donors (Lipinski definition) is 0. The molecule has 0 aliphatic carbocycles. The lowest BCUT2D eigenvalue weighted by atomic mass is 10.1. The Kier molecular flexibility index (Phi) is 5.30. The van der Waals surface area contributed by atoms with Gasteiger partial charge >= 0.3 is 11.9 Å². The summed E-state index contributed by atoms with van der Waals surface area (Å²) in [5, 5.41) is 0.225. The number of hydrogen-bond acceptors (Lipinski definition) is 6. The second kappa shape index (κ2) is 7.22. The Balaban J connectivity index is 2.25. The van der Waals surface area contributed by atoms with Gasteiger partial charge in [0.25, 0.3) is 5.91 Å². The number of carbonyl (C=O) groups excluding carboxylic acids is 3. The van der Waals surface area contributed by atoms with Crippen LogP contribution in [0.5, 0.6) is 0 Å². The number of rotatable bonds is 4. The Bertz CT molecular complexity index is 726. The highest BCUT2D eigenvalue weighted by atomic mass is 32.1. The number of carbonyl (C=O) groups is 3. The number of methoxy groups -OCH3 is 2. The molecule has 126 valence electrons. The van der Waals surface area contributed by atoms with Crippen molar-refractivity contribution in [1.29, 1.82) is 0 Å². The van der Waals surface area contributed by atoms with E-state index in [1.165, 1.54) is 24.0 Å². The van der Waals surface area contributed by atoms with Gasteiger partial charge in [0, 0.05) is 7.05 Å². The summed E-state index contributed by atoms with van der Waals surface area (Å²) in [4.78, 5) is 38.0. The summed E-state index contributed by atoms with van der Waals surface area (Å²) in [6.45, 7) is -0.239. The largest absolute Gasteiger partial charge is 0.468 e. The van der Waals surface area contributed by atoms with Gasteiger partial charge in [-0.15, -0.1) is 0 Å². The quantitative estimate of drug-likeness (QED) is 0.457. The van der Waals surface area contributed by atoms with Crippen LogP contribution < -0.4 is 0 Å². The van der Waals surface area contributed by atoms with Gasteiger partial charge in [0.15, 0.2) is 5.11 Å². The first-order valence-electron chi connectivity index (χ1n) is 6.95. The average molecular weight is 348 g/mol. The molecule has 1 heterocycles. The molecule has 0 N–H and O–H groups in total. The van der Waals surface area contributed by atoms with Crippen LogP contribution in [-0.4, -0.2) is 60.6 Å². The fourth-order valence-electron chi connectivity index (χ4n) is 2.14. The van der Waals surface area contributed by atoms with Crippen molar-refractivity contribution >= 4 is 41.3 Å². The molecule has 8 heteroatoms. The van der Waals surface area contributed by atoms with Gasteiger partial charge in [0.1, 0.15) is 12.2 Å². The van der Waals surface area contributed by atoms with Gasteiger partial charge in [-0.25, -0.2) is 4.79 Å². The van der Waals surface area contributed by atoms with Crippen molar-refractivity contribution in [3.8, 4) is 0 Å². The number of likely N-dealkylation sites (N-methyl/N-ethyl adjacent to an activating group) is 1. The summed E-state index contributed by atoms with van der Waals surface area (Å²) in [6, 6.07) is 6.57. The molecule has 7 nitrogen and oxygen atoms in total. The molecule has 0 radical (unpaired) electrons. The molecule has 1 saturated heterocycles. The lowest BCUT2D eigenvalue weighted by Crippen LogP contribution is -2.36. The molecule has 0 atom stereocenters. The van der Waals surface area contributed by atoms with Crippen molar-refractivity contribution in [2.75, 3.05) is 27.8 Å². The fourth-order valence-corrected chi connectivity index (χ4v) is 2.38. The minimum atomic E-state index is -0.553. The van der Waals surface area contributed by atoms with E-state index in [4.69, 9.17) is 12.2 Å². The molecular weight excluding hydrogens is 332 g/mol. The van der Waals surface area contributed by atoms with Gasteiger partial charge in [0.05, 0.1) is 19.8 Å². The minimum Gasteiger partial charge on any atom is -0.468 e. The predicted molar refractivity (Wildman–Crippen MR) is 89.8 cm³/mol. The van der Waals surface area contributed by atoms with Crippen LogP contribution in [0, 0.1) is 0 Å². The van der Waals surface area contributed by atoms with Gasteiger partial charge in [-0.3, -0.25) is 14.5 Å². The summed E-state index contributed by atoms with van der Waals surface area (Å²) < 4.78 is 9.20. The smallest absolute Gasteiger partial charge is 0.337 e. The molecule has 24 heavy (non-hydrogen) atoms. The molecular formula is C16H16N2O5S.